The van der Waals surface area contributed by atoms with Crippen molar-refractivity contribution in [3.8, 4) is 0 Å². The van der Waals surface area contributed by atoms with E-state index < -0.39 is 0 Å². The van der Waals surface area contributed by atoms with Crippen LogP contribution in [0.15, 0.2) is 0 Å². The third-order valence-corrected chi connectivity index (χ3v) is 2.10. The van der Waals surface area contributed by atoms with Crippen LogP contribution in [0.2, 0.25) is 0 Å². The average Bonchev–Trinajstić information content (AvgIpc) is 2.55. The van der Waals surface area contributed by atoms with Gasteiger partial charge in [-0.05, 0) is 13.3 Å². The maximum absolute atomic E-state index is 5.40. The van der Waals surface area contributed by atoms with E-state index in [0.717, 1.165) is 19.3 Å². The first-order valence-electron chi connectivity index (χ1n) is 4.10. The molecule has 1 radical (unpaired) electrons. The normalized spacial score (nSPS) is 40.1. The van der Waals surface area contributed by atoms with Crippen molar-refractivity contribution in [2.24, 2.45) is 5.92 Å². The fraction of sp³-hybridized carbons (Fsp3) is 0.875. The van der Waals surface area contributed by atoms with Gasteiger partial charge in [-0.15, -0.1) is 0 Å². The van der Waals surface area contributed by atoms with Crippen LogP contribution >= 0.6 is 0 Å². The fourth-order valence-electron chi connectivity index (χ4n) is 1.54. The molecule has 2 atom stereocenters. The molecule has 63 valence electrons. The number of rotatable bonds is 1. The van der Waals surface area contributed by atoms with Gasteiger partial charge in [-0.25, -0.2) is 0 Å². The largest absolute Gasteiger partial charge is 0.378 e. The molecule has 2 unspecified atom stereocenters. The van der Waals surface area contributed by atoms with E-state index >= 15 is 0 Å². The molecule has 2 aliphatic heterocycles. The second kappa shape index (κ2) is 3.09. The van der Waals surface area contributed by atoms with Gasteiger partial charge in [-0.1, -0.05) is 0 Å². The zero-order valence-electron chi connectivity index (χ0n) is 6.71. The Kier molecular flexibility index (Phi) is 2.11. The van der Waals surface area contributed by atoms with Crippen molar-refractivity contribution in [2.75, 3.05) is 19.8 Å². The van der Waals surface area contributed by atoms with Gasteiger partial charge in [0.15, 0.2) is 0 Å². The summed E-state index contributed by atoms with van der Waals surface area (Å²) in [5.41, 5.74) is 0. The summed E-state index contributed by atoms with van der Waals surface area (Å²) < 4.78 is 16.0. The van der Waals surface area contributed by atoms with Gasteiger partial charge >= 0.3 is 0 Å². The molecular formula is C8H13O3. The Morgan fingerprint density at radius 2 is 2.00 bits per heavy atom. The minimum Gasteiger partial charge on any atom is -0.378 e. The molecule has 0 bridgehead atoms. The van der Waals surface area contributed by atoms with E-state index in [1.165, 1.54) is 0 Å². The Balaban J connectivity index is 1.85. The lowest BCUT2D eigenvalue weighted by molar-refractivity contribution is 0.0230. The predicted octanol–water partition coefficient (Wildman–Crippen LogP) is 0.948. The summed E-state index contributed by atoms with van der Waals surface area (Å²) >= 11 is 0. The quantitative estimate of drug-likeness (QED) is 0.567. The molecule has 0 spiro atoms. The summed E-state index contributed by atoms with van der Waals surface area (Å²) in [6.45, 7) is 4.26. The van der Waals surface area contributed by atoms with Crippen LogP contribution < -0.4 is 0 Å². The van der Waals surface area contributed by atoms with Gasteiger partial charge in [-0.3, -0.25) is 0 Å². The monoisotopic (exact) mass is 157 g/mol. The van der Waals surface area contributed by atoms with Crippen LogP contribution in [-0.4, -0.2) is 25.9 Å². The summed E-state index contributed by atoms with van der Waals surface area (Å²) in [6, 6.07) is 0. The van der Waals surface area contributed by atoms with Crippen LogP contribution in [0.3, 0.4) is 0 Å². The first-order chi connectivity index (χ1) is 5.36. The summed E-state index contributed by atoms with van der Waals surface area (Å²) in [5.74, 6) is 0.382. The van der Waals surface area contributed by atoms with Gasteiger partial charge in [0.25, 0.3) is 0 Å². The van der Waals surface area contributed by atoms with E-state index in [1.54, 1.807) is 0 Å². The molecule has 0 saturated carbocycles. The minimum atomic E-state index is 0.361. The Labute approximate surface area is 66.6 Å². The zero-order valence-corrected chi connectivity index (χ0v) is 6.71. The predicted molar refractivity (Wildman–Crippen MR) is 38.7 cm³/mol. The van der Waals surface area contributed by atoms with Crippen LogP contribution in [0, 0.1) is 12.2 Å². The van der Waals surface area contributed by atoms with Crippen molar-refractivity contribution < 1.29 is 14.2 Å². The van der Waals surface area contributed by atoms with Gasteiger partial charge in [0, 0.05) is 5.92 Å². The molecular weight excluding hydrogens is 144 g/mol. The Hall–Kier alpha value is -0.120. The molecule has 0 aromatic carbocycles. The molecule has 0 aliphatic carbocycles. The van der Waals surface area contributed by atoms with E-state index in [9.17, 15) is 0 Å². The molecule has 0 aromatic heterocycles. The van der Waals surface area contributed by atoms with Crippen LogP contribution in [0.5, 0.6) is 0 Å². The topological polar surface area (TPSA) is 27.7 Å². The van der Waals surface area contributed by atoms with Gasteiger partial charge in [0.05, 0.1) is 25.9 Å². The molecule has 0 amide bonds. The van der Waals surface area contributed by atoms with Crippen molar-refractivity contribution >= 4 is 0 Å². The number of hydrogen-bond donors (Lipinski definition) is 0. The van der Waals surface area contributed by atoms with Gasteiger partial charge in [0.2, 0.25) is 6.29 Å². The van der Waals surface area contributed by atoms with E-state index in [0.29, 0.717) is 25.2 Å². The van der Waals surface area contributed by atoms with Crippen molar-refractivity contribution in [2.45, 2.75) is 19.4 Å². The van der Waals surface area contributed by atoms with E-state index in [4.69, 9.17) is 14.2 Å². The van der Waals surface area contributed by atoms with Crippen molar-refractivity contribution in [3.63, 3.8) is 0 Å². The highest BCUT2D eigenvalue weighted by Crippen LogP contribution is 2.31. The molecule has 2 heterocycles. The summed E-state index contributed by atoms with van der Waals surface area (Å²) in [6.07, 6.45) is 2.20. The zero-order chi connectivity index (χ0) is 7.68. The Bertz CT molecular complexity index is 131. The molecule has 11 heavy (non-hydrogen) atoms. The molecule has 3 heteroatoms. The van der Waals surface area contributed by atoms with Crippen LogP contribution in [0.25, 0.3) is 0 Å². The van der Waals surface area contributed by atoms with E-state index in [2.05, 4.69) is 6.92 Å². The molecule has 0 N–H and O–H groups in total. The molecule has 3 nitrogen and oxygen atoms in total. The SMILES string of the molecule is CC1CC([C]2OCCO2)CO1. The first-order valence-corrected chi connectivity index (χ1v) is 4.10. The maximum atomic E-state index is 5.40. The highest BCUT2D eigenvalue weighted by atomic mass is 16.7. The number of ether oxygens (including phenoxy) is 3. The molecule has 0 aromatic rings. The van der Waals surface area contributed by atoms with Gasteiger partial charge in [-0.2, -0.15) is 0 Å². The first kappa shape index (κ1) is 7.53. The fourth-order valence-corrected chi connectivity index (χ4v) is 1.54. The highest BCUT2D eigenvalue weighted by molar-refractivity contribution is 4.86. The van der Waals surface area contributed by atoms with Crippen molar-refractivity contribution in [3.05, 3.63) is 6.29 Å². The lowest BCUT2D eigenvalue weighted by atomic mass is 10.1. The Morgan fingerprint density at radius 3 is 2.55 bits per heavy atom. The number of hydrogen-bond acceptors (Lipinski definition) is 3. The van der Waals surface area contributed by atoms with Crippen LogP contribution in [0.1, 0.15) is 13.3 Å². The second-order valence-electron chi connectivity index (χ2n) is 3.09. The average molecular weight is 157 g/mol. The molecule has 2 rings (SSSR count). The van der Waals surface area contributed by atoms with Crippen LogP contribution in [0.4, 0.5) is 0 Å². The molecule has 2 aliphatic rings. The lowest BCUT2D eigenvalue weighted by Crippen LogP contribution is -2.12. The smallest absolute Gasteiger partial charge is 0.229 e. The second-order valence-corrected chi connectivity index (χ2v) is 3.09. The third-order valence-electron chi connectivity index (χ3n) is 2.10. The third kappa shape index (κ3) is 1.55. The molecule has 2 saturated heterocycles. The Morgan fingerprint density at radius 1 is 1.27 bits per heavy atom. The van der Waals surface area contributed by atoms with Gasteiger partial charge < -0.3 is 14.2 Å². The standard InChI is InChI=1S/C8H13O3/c1-6-4-7(5-11-6)8-9-2-3-10-8/h6-7H,2-5H2,1H3. The van der Waals surface area contributed by atoms with Crippen molar-refractivity contribution in [1.29, 1.82) is 0 Å². The van der Waals surface area contributed by atoms with Gasteiger partial charge in [0.1, 0.15) is 0 Å². The highest BCUT2D eigenvalue weighted by Gasteiger charge is 2.34. The molecule has 2 fully saturated rings. The maximum Gasteiger partial charge on any atom is 0.229 e. The van der Waals surface area contributed by atoms with Crippen LogP contribution in [-0.2, 0) is 14.2 Å². The van der Waals surface area contributed by atoms with E-state index in [1.807, 2.05) is 0 Å². The summed E-state index contributed by atoms with van der Waals surface area (Å²) in [4.78, 5) is 0. The van der Waals surface area contributed by atoms with Crippen molar-refractivity contribution in [1.82, 2.24) is 0 Å². The summed E-state index contributed by atoms with van der Waals surface area (Å²) in [5, 5.41) is 0. The summed E-state index contributed by atoms with van der Waals surface area (Å²) in [7, 11) is 0. The lowest BCUT2D eigenvalue weighted by Gasteiger charge is -2.11. The minimum absolute atomic E-state index is 0.361. The van der Waals surface area contributed by atoms with E-state index in [-0.39, 0.29) is 0 Å².